The Balaban J connectivity index is 0.000000626. The van der Waals surface area contributed by atoms with Crippen molar-refractivity contribution in [1.82, 2.24) is 25.8 Å². The maximum atomic E-state index is 14.4. The predicted octanol–water partition coefficient (Wildman–Crippen LogP) is 16.7. The zero-order valence-corrected chi connectivity index (χ0v) is 65.4. The van der Waals surface area contributed by atoms with E-state index in [4.69, 9.17) is 18.7 Å². The van der Waals surface area contributed by atoms with Gasteiger partial charge in [-0.2, -0.15) is 0 Å². The number of nitrogens with one attached hydrogen (secondary N) is 3. The normalized spacial score (nSPS) is 14.0. The number of ether oxygens (including phenoxy) is 1. The molecule has 5 amide bonds. The van der Waals surface area contributed by atoms with Crippen molar-refractivity contribution in [3.63, 3.8) is 0 Å². The molecular formula is C76H119F4N5O11Si2. The number of aliphatic carboxylic acids is 1. The van der Waals surface area contributed by atoms with Gasteiger partial charge in [-0.25, -0.2) is 22.4 Å². The van der Waals surface area contributed by atoms with Gasteiger partial charge in [-0.1, -0.05) is 76.2 Å². The number of carbonyl (C=O) groups excluding carboxylic acids is 5. The first-order valence-electron chi connectivity index (χ1n) is 34.6. The molecule has 4 rings (SSSR count). The van der Waals surface area contributed by atoms with Gasteiger partial charge in [-0.05, 0) is 233 Å². The highest BCUT2D eigenvalue weighted by molar-refractivity contribution is 6.74. The molecule has 98 heavy (non-hydrogen) atoms. The van der Waals surface area contributed by atoms with Crippen molar-refractivity contribution in [1.29, 1.82) is 0 Å². The number of aryl methyl sites for hydroxylation is 2. The lowest BCUT2D eigenvalue weighted by atomic mass is 9.93. The van der Waals surface area contributed by atoms with Gasteiger partial charge < -0.3 is 49.6 Å². The molecule has 5 N–H and O–H groups in total. The van der Waals surface area contributed by atoms with Crippen molar-refractivity contribution < 1.29 is 70.1 Å². The number of benzene rings is 4. The van der Waals surface area contributed by atoms with Crippen LogP contribution in [0.3, 0.4) is 0 Å². The van der Waals surface area contributed by atoms with Crippen molar-refractivity contribution in [2.24, 2.45) is 5.92 Å². The molecule has 6 atom stereocenters. The average molecular weight is 1410 g/mol. The van der Waals surface area contributed by atoms with Crippen LogP contribution in [0.1, 0.15) is 227 Å². The molecular weight excluding hydrogens is 1290 g/mol. The Labute approximate surface area is 585 Å². The summed E-state index contributed by atoms with van der Waals surface area (Å²) in [5.41, 5.74) is 2.28. The number of carbonyl (C=O) groups is 6. The molecule has 0 radical (unpaired) electrons. The quantitative estimate of drug-likeness (QED) is 0.0245. The number of amides is 5. The fourth-order valence-electron chi connectivity index (χ4n) is 10.2. The van der Waals surface area contributed by atoms with Gasteiger partial charge in [0, 0.05) is 66.6 Å². The van der Waals surface area contributed by atoms with Crippen LogP contribution >= 0.6 is 0 Å². The van der Waals surface area contributed by atoms with E-state index in [1.165, 1.54) is 24.3 Å². The molecule has 0 fully saturated rings. The largest absolute Gasteiger partial charge is 0.481 e. The van der Waals surface area contributed by atoms with Gasteiger partial charge in [0.1, 0.15) is 28.9 Å². The molecule has 0 spiro atoms. The van der Waals surface area contributed by atoms with E-state index in [1.807, 2.05) is 61.6 Å². The standard InChI is InChI=1S/C38H59F2N3O5Si.C34H50F2N2O5Si.C4H10O/c1-13-15-43(16-14-2)35(45)29-18-25(3)17-28(23-29)34(44)42-32(22-27-20-30(39)24-31(40)21-27)33(48-49(11,12)38(8,9)10)19-26(4)41-36(46)47-37(5,6)7;1-10-12-38(13-11-2)32(40)26-15-22(3)14-25(20-26)31(39)37-29(19-24-17-27(35)21-28(36)18-24)30(16-23(4)33(41)42)43-44(8,9)34(5,6)7;1-4(2,3)5/h17-18,20-21,23-24,26,32-33H,13-16,19,22H2,1-12H3,(H,41,46)(H,42,44);14-15,17-18,20-21,23,29-30H,10-13,16,19H2,1-9H3,(H,37,39)(H,41,42);5H,1-3H3/t26-,32-,33-;23-,29-,30-;/m00./s1. The number of alkyl carbamates (subject to hydrolysis) is 1. The Bertz CT molecular complexity index is 3210. The minimum Gasteiger partial charge on any atom is -0.481 e. The molecule has 0 saturated heterocycles. The maximum absolute atomic E-state index is 14.4. The highest BCUT2D eigenvalue weighted by atomic mass is 28.4. The second-order valence-electron chi connectivity index (χ2n) is 31.1. The van der Waals surface area contributed by atoms with Crippen LogP contribution in [0.5, 0.6) is 0 Å². The van der Waals surface area contributed by atoms with Gasteiger partial charge in [0.05, 0.1) is 35.8 Å². The van der Waals surface area contributed by atoms with Gasteiger partial charge in [0.15, 0.2) is 16.6 Å². The number of rotatable bonds is 30. The minimum atomic E-state index is -2.51. The molecule has 0 heterocycles. The van der Waals surface area contributed by atoms with Crippen LogP contribution in [0.15, 0.2) is 72.8 Å². The van der Waals surface area contributed by atoms with E-state index in [1.54, 1.807) is 94.7 Å². The molecule has 0 saturated carbocycles. The Hall–Kier alpha value is -6.47. The van der Waals surface area contributed by atoms with E-state index in [9.17, 15) is 51.4 Å². The molecule has 0 aliphatic heterocycles. The molecule has 0 bridgehead atoms. The molecule has 16 nitrogen and oxygen atoms in total. The Kier molecular flexibility index (Phi) is 34.3. The van der Waals surface area contributed by atoms with Crippen molar-refractivity contribution in [3.05, 3.63) is 141 Å². The Morgan fingerprint density at radius 1 is 0.490 bits per heavy atom. The van der Waals surface area contributed by atoms with E-state index >= 15 is 0 Å². The number of carboxylic acid groups (broad SMARTS) is 1. The second kappa shape index (κ2) is 38.4. The summed E-state index contributed by atoms with van der Waals surface area (Å²) in [6.45, 7) is 48.7. The highest BCUT2D eigenvalue weighted by Gasteiger charge is 2.44. The van der Waals surface area contributed by atoms with Gasteiger partial charge in [0.2, 0.25) is 0 Å². The summed E-state index contributed by atoms with van der Waals surface area (Å²) in [6, 6.07) is 14.5. The van der Waals surface area contributed by atoms with Crippen molar-refractivity contribution in [3.8, 4) is 0 Å². The minimum absolute atomic E-state index is 0.00439. The predicted molar refractivity (Wildman–Crippen MR) is 389 cm³/mol. The monoisotopic (exact) mass is 1410 g/mol. The van der Waals surface area contributed by atoms with Gasteiger partial charge in [-0.3, -0.25) is 24.0 Å². The van der Waals surface area contributed by atoms with E-state index in [0.717, 1.165) is 48.9 Å². The number of hydrogen-bond acceptors (Lipinski definition) is 10. The summed E-state index contributed by atoms with van der Waals surface area (Å²) in [7, 11) is -5.01. The molecule has 550 valence electrons. The van der Waals surface area contributed by atoms with Crippen molar-refractivity contribution >= 4 is 52.3 Å². The Morgan fingerprint density at radius 3 is 1.08 bits per heavy atom. The van der Waals surface area contributed by atoms with Crippen LogP contribution in [-0.2, 0) is 31.2 Å². The molecule has 0 unspecified atom stereocenters. The van der Waals surface area contributed by atoms with Gasteiger partial charge in [-0.15, -0.1) is 0 Å². The van der Waals surface area contributed by atoms with E-state index in [-0.39, 0.29) is 58.7 Å². The summed E-state index contributed by atoms with van der Waals surface area (Å²) in [5.74, 6) is -6.03. The second-order valence-corrected chi connectivity index (χ2v) is 40.7. The zero-order valence-electron chi connectivity index (χ0n) is 63.4. The van der Waals surface area contributed by atoms with Crippen molar-refractivity contribution in [2.45, 2.75) is 268 Å². The number of halogens is 4. The molecule has 0 aromatic heterocycles. The summed E-state index contributed by atoms with van der Waals surface area (Å²) in [4.78, 5) is 83.0. The zero-order chi connectivity index (χ0) is 75.2. The van der Waals surface area contributed by atoms with Crippen molar-refractivity contribution in [2.75, 3.05) is 26.2 Å². The van der Waals surface area contributed by atoms with Crippen LogP contribution in [-0.4, -0.2) is 140 Å². The average Bonchev–Trinajstić information content (AvgIpc) is 0.815. The van der Waals surface area contributed by atoms with E-state index in [2.05, 4.69) is 70.6 Å². The van der Waals surface area contributed by atoms with Crippen LogP contribution in [0, 0.1) is 43.0 Å². The summed E-state index contributed by atoms with van der Waals surface area (Å²) >= 11 is 0. The van der Waals surface area contributed by atoms with Gasteiger partial charge in [0.25, 0.3) is 23.6 Å². The molecule has 0 aliphatic rings. The Morgan fingerprint density at radius 2 is 0.796 bits per heavy atom. The first-order valence-corrected chi connectivity index (χ1v) is 40.4. The highest BCUT2D eigenvalue weighted by Crippen LogP contribution is 2.40. The number of nitrogens with zero attached hydrogens (tertiary/aromatic N) is 2. The molecule has 4 aromatic rings. The summed E-state index contributed by atoms with van der Waals surface area (Å²) < 4.78 is 76.4. The first-order chi connectivity index (χ1) is 44.9. The fraction of sp³-hybridized carbons (Fsp3) is 0.605. The van der Waals surface area contributed by atoms with Crippen LogP contribution in [0.4, 0.5) is 22.4 Å². The van der Waals surface area contributed by atoms with Gasteiger partial charge >= 0.3 is 12.1 Å². The first kappa shape index (κ1) is 87.6. The lowest BCUT2D eigenvalue weighted by Crippen LogP contribution is -2.54. The maximum Gasteiger partial charge on any atom is 0.407 e. The third kappa shape index (κ3) is 31.0. The van der Waals surface area contributed by atoms with Crippen LogP contribution < -0.4 is 16.0 Å². The third-order valence-electron chi connectivity index (χ3n) is 16.9. The van der Waals surface area contributed by atoms with E-state index < -0.39 is 111 Å². The van der Waals surface area contributed by atoms with E-state index in [0.29, 0.717) is 48.4 Å². The fourth-order valence-corrected chi connectivity index (χ4v) is 13.0. The summed E-state index contributed by atoms with van der Waals surface area (Å²) in [5, 5.41) is 26.8. The smallest absolute Gasteiger partial charge is 0.407 e. The molecule has 0 aliphatic carbocycles. The number of carboxylic acids is 1. The third-order valence-corrected chi connectivity index (χ3v) is 25.9. The lowest BCUT2D eigenvalue weighted by molar-refractivity contribution is -0.142. The topological polar surface area (TPSA) is 213 Å². The SMILES string of the molecule is CC(C)(C)O.CCCN(CCC)C(=O)c1cc(C)cc(C(=O)N[C@@H](Cc2cc(F)cc(F)c2)[C@H](C[C@H](C)C(=O)O)O[Si](C)(C)C(C)(C)C)c1.CCCN(CCC)C(=O)c1cc(C)cc(C(=O)N[C@@H](Cc2cc(F)cc(F)c2)[C@H](C[C@H](C)NC(=O)OC(C)(C)C)O[Si](C)(C)C(C)(C)C)c1. The lowest BCUT2D eigenvalue weighted by Gasteiger charge is -2.42. The molecule has 22 heteroatoms. The molecule has 4 aromatic carbocycles. The number of hydrogen-bond donors (Lipinski definition) is 5. The van der Waals surface area contributed by atoms with Crippen LogP contribution in [0.25, 0.3) is 0 Å². The number of aliphatic hydroxyl groups is 1. The summed E-state index contributed by atoms with van der Waals surface area (Å²) in [6.07, 6.45) is 1.60. The van der Waals surface area contributed by atoms with Crippen LogP contribution in [0.2, 0.25) is 36.3 Å².